The Morgan fingerprint density at radius 1 is 1.07 bits per heavy atom. The summed E-state index contributed by atoms with van der Waals surface area (Å²) in [6.07, 6.45) is 1.82. The van der Waals surface area contributed by atoms with Gasteiger partial charge in [0.1, 0.15) is 0 Å². The summed E-state index contributed by atoms with van der Waals surface area (Å²) in [5, 5.41) is 1.73. The molecule has 2 aromatic carbocycles. The van der Waals surface area contributed by atoms with E-state index in [0.717, 1.165) is 37.3 Å². The highest BCUT2D eigenvalue weighted by Gasteiger charge is 2.19. The van der Waals surface area contributed by atoms with Crippen molar-refractivity contribution in [2.24, 2.45) is 0 Å². The highest BCUT2D eigenvalue weighted by molar-refractivity contribution is 7.80. The SMILES string of the molecule is CC(C)N1CCN(c2cnc3ccc4ccc(NS(=O)[O-])cc4c(=O)c3c2)CC1. The van der Waals surface area contributed by atoms with Crippen LogP contribution in [0.15, 0.2) is 47.4 Å². The fourth-order valence-electron chi connectivity index (χ4n) is 3.82. The third kappa shape index (κ3) is 4.10. The zero-order chi connectivity index (χ0) is 20.5. The molecule has 0 saturated carbocycles. The van der Waals surface area contributed by atoms with Gasteiger partial charge in [0, 0.05) is 54.6 Å². The van der Waals surface area contributed by atoms with E-state index in [0.29, 0.717) is 28.0 Å². The van der Waals surface area contributed by atoms with E-state index < -0.39 is 11.3 Å². The van der Waals surface area contributed by atoms with Crippen molar-refractivity contribution >= 4 is 44.3 Å². The molecule has 1 saturated heterocycles. The van der Waals surface area contributed by atoms with E-state index >= 15 is 0 Å². The fourth-order valence-corrected chi connectivity index (χ4v) is 4.14. The Morgan fingerprint density at radius 3 is 2.48 bits per heavy atom. The van der Waals surface area contributed by atoms with Gasteiger partial charge in [-0.05, 0) is 43.5 Å². The van der Waals surface area contributed by atoms with Crippen molar-refractivity contribution in [3.63, 3.8) is 0 Å². The van der Waals surface area contributed by atoms with E-state index in [4.69, 9.17) is 0 Å². The lowest BCUT2D eigenvalue weighted by atomic mass is 10.1. The molecule has 0 radical (unpaired) electrons. The molecule has 1 aliphatic heterocycles. The molecule has 1 aromatic heterocycles. The molecular formula is C21H23N4O3S-. The molecule has 2 heterocycles. The lowest BCUT2D eigenvalue weighted by Crippen LogP contribution is -2.48. The number of anilines is 2. The molecule has 1 unspecified atom stereocenters. The van der Waals surface area contributed by atoms with Gasteiger partial charge in [0.25, 0.3) is 0 Å². The van der Waals surface area contributed by atoms with Gasteiger partial charge in [0.2, 0.25) is 0 Å². The third-order valence-corrected chi connectivity index (χ3v) is 5.88. The molecule has 8 heteroatoms. The van der Waals surface area contributed by atoms with Crippen LogP contribution in [0.1, 0.15) is 13.8 Å². The molecule has 4 rings (SSSR count). The van der Waals surface area contributed by atoms with Gasteiger partial charge >= 0.3 is 0 Å². The minimum Gasteiger partial charge on any atom is -0.755 e. The predicted octanol–water partition coefficient (Wildman–Crippen LogP) is 2.48. The average Bonchev–Trinajstić information content (AvgIpc) is 2.84. The van der Waals surface area contributed by atoms with Crippen molar-refractivity contribution in [2.75, 3.05) is 35.8 Å². The van der Waals surface area contributed by atoms with Crippen LogP contribution in [0.4, 0.5) is 11.4 Å². The molecule has 29 heavy (non-hydrogen) atoms. The topological polar surface area (TPSA) is 88.6 Å². The molecule has 152 valence electrons. The summed E-state index contributed by atoms with van der Waals surface area (Å²) in [5.41, 5.74) is 1.76. The summed E-state index contributed by atoms with van der Waals surface area (Å²) >= 11 is -2.44. The first-order chi connectivity index (χ1) is 13.9. The third-order valence-electron chi connectivity index (χ3n) is 5.48. The molecule has 0 aliphatic carbocycles. The van der Waals surface area contributed by atoms with E-state index in [2.05, 4.69) is 33.4 Å². The maximum atomic E-state index is 13.3. The fraction of sp³-hybridized carbons (Fsp3) is 0.333. The molecule has 1 N–H and O–H groups in total. The minimum absolute atomic E-state index is 0.157. The number of nitrogens with one attached hydrogen (secondary N) is 1. The number of pyridine rings is 1. The molecule has 0 spiro atoms. The normalized spacial score (nSPS) is 16.5. The molecule has 1 atom stereocenters. The molecule has 7 nitrogen and oxygen atoms in total. The second-order valence-corrected chi connectivity index (χ2v) is 8.22. The lowest BCUT2D eigenvalue weighted by Gasteiger charge is -2.38. The van der Waals surface area contributed by atoms with Crippen LogP contribution in [0.2, 0.25) is 0 Å². The number of aromatic nitrogens is 1. The largest absolute Gasteiger partial charge is 0.755 e. The zero-order valence-electron chi connectivity index (χ0n) is 16.4. The van der Waals surface area contributed by atoms with Crippen LogP contribution in [-0.4, -0.2) is 50.9 Å². The Balaban J connectivity index is 1.77. The monoisotopic (exact) mass is 411 g/mol. The van der Waals surface area contributed by atoms with Crippen molar-refractivity contribution in [1.29, 1.82) is 0 Å². The average molecular weight is 412 g/mol. The maximum absolute atomic E-state index is 13.3. The number of piperazine rings is 1. The van der Waals surface area contributed by atoms with Crippen LogP contribution in [0, 0.1) is 0 Å². The Labute approximate surface area is 171 Å². The summed E-state index contributed by atoms with van der Waals surface area (Å²) in [6, 6.07) is 11.0. The molecule has 0 bridgehead atoms. The van der Waals surface area contributed by atoms with Crippen molar-refractivity contribution < 1.29 is 8.76 Å². The quantitative estimate of drug-likeness (QED) is 0.664. The van der Waals surface area contributed by atoms with Gasteiger partial charge in [0.05, 0.1) is 22.8 Å². The highest BCUT2D eigenvalue weighted by Crippen LogP contribution is 2.23. The van der Waals surface area contributed by atoms with E-state index in [-0.39, 0.29) is 5.43 Å². The van der Waals surface area contributed by atoms with Gasteiger partial charge in [-0.1, -0.05) is 12.1 Å². The first-order valence-electron chi connectivity index (χ1n) is 9.64. The van der Waals surface area contributed by atoms with Crippen LogP contribution >= 0.6 is 0 Å². The summed E-state index contributed by atoms with van der Waals surface area (Å²) in [6.45, 7) is 8.14. The number of benzene rings is 1. The van der Waals surface area contributed by atoms with E-state index in [1.54, 1.807) is 18.2 Å². The highest BCUT2D eigenvalue weighted by atomic mass is 32.2. The minimum atomic E-state index is -2.44. The summed E-state index contributed by atoms with van der Waals surface area (Å²) in [7, 11) is 0. The van der Waals surface area contributed by atoms with Gasteiger partial charge in [-0.15, -0.1) is 0 Å². The second-order valence-electron chi connectivity index (χ2n) is 7.54. The first kappa shape index (κ1) is 19.8. The standard InChI is InChI=1S/C21H24N4O3S/c1-14(2)24-7-9-25(10-8-24)17-12-19-20(22-13-17)6-4-15-3-5-16(23-29(27)28)11-18(15)21(19)26/h3-6,11-14,23H,7-10H2,1-2H3,(H,27,28)/p-1. The van der Waals surface area contributed by atoms with Crippen LogP contribution < -0.4 is 15.1 Å². The predicted molar refractivity (Wildman–Crippen MR) is 117 cm³/mol. The Hall–Kier alpha value is -2.55. The molecule has 1 aliphatic rings. The van der Waals surface area contributed by atoms with E-state index in [9.17, 15) is 13.6 Å². The molecule has 0 amide bonds. The van der Waals surface area contributed by atoms with Crippen LogP contribution in [0.25, 0.3) is 21.7 Å². The lowest BCUT2D eigenvalue weighted by molar-refractivity contribution is 0.209. The van der Waals surface area contributed by atoms with E-state index in [1.807, 2.05) is 24.4 Å². The van der Waals surface area contributed by atoms with Crippen LogP contribution in [-0.2, 0) is 11.3 Å². The van der Waals surface area contributed by atoms with Crippen molar-refractivity contribution in [3.8, 4) is 0 Å². The van der Waals surface area contributed by atoms with Gasteiger partial charge in [-0.25, -0.2) is 0 Å². The zero-order valence-corrected chi connectivity index (χ0v) is 17.2. The molecule has 3 aromatic rings. The smallest absolute Gasteiger partial charge is 0.195 e. The number of hydrogen-bond donors (Lipinski definition) is 1. The Kier molecular flexibility index (Phi) is 5.49. The van der Waals surface area contributed by atoms with E-state index in [1.165, 1.54) is 0 Å². The Bertz CT molecular complexity index is 1140. The Morgan fingerprint density at radius 2 is 1.79 bits per heavy atom. The number of fused-ring (bicyclic) bond motifs is 2. The van der Waals surface area contributed by atoms with Gasteiger partial charge in [-0.3, -0.25) is 18.9 Å². The second kappa shape index (κ2) is 8.06. The summed E-state index contributed by atoms with van der Waals surface area (Å²) < 4.78 is 24.2. The number of rotatable bonds is 4. The molecule has 1 fully saturated rings. The summed E-state index contributed by atoms with van der Waals surface area (Å²) in [5.74, 6) is 0. The van der Waals surface area contributed by atoms with Gasteiger partial charge in [-0.2, -0.15) is 0 Å². The maximum Gasteiger partial charge on any atom is 0.195 e. The van der Waals surface area contributed by atoms with Crippen LogP contribution in [0.3, 0.4) is 0 Å². The number of hydrogen-bond acceptors (Lipinski definition) is 6. The van der Waals surface area contributed by atoms with Crippen molar-refractivity contribution in [3.05, 3.63) is 52.8 Å². The molecular weight excluding hydrogens is 388 g/mol. The first-order valence-corrected chi connectivity index (χ1v) is 10.7. The van der Waals surface area contributed by atoms with Gasteiger partial charge in [0.15, 0.2) is 5.43 Å². The van der Waals surface area contributed by atoms with Crippen molar-refractivity contribution in [2.45, 2.75) is 19.9 Å². The van der Waals surface area contributed by atoms with Gasteiger partial charge < -0.3 is 14.2 Å². The van der Waals surface area contributed by atoms with Crippen molar-refractivity contribution in [1.82, 2.24) is 9.88 Å². The van der Waals surface area contributed by atoms with Crippen LogP contribution in [0.5, 0.6) is 0 Å². The summed E-state index contributed by atoms with van der Waals surface area (Å²) in [4.78, 5) is 22.5. The number of nitrogens with zero attached hydrogens (tertiary/aromatic N) is 3.